The standard InChI is InChI=1S/C17H28N2O2/c1-13(2)18-17(12-20,14-8-9-14)11-19(3)15-6-5-7-16(10-15)21-4/h5-7,10,13-14,18,20H,8-9,11-12H2,1-4H3. The summed E-state index contributed by atoms with van der Waals surface area (Å²) >= 11 is 0. The highest BCUT2D eigenvalue weighted by Gasteiger charge is 2.45. The van der Waals surface area contributed by atoms with E-state index >= 15 is 0 Å². The molecule has 1 fully saturated rings. The minimum atomic E-state index is -0.216. The van der Waals surface area contributed by atoms with Crippen molar-refractivity contribution >= 4 is 5.69 Å². The quantitative estimate of drug-likeness (QED) is 0.771. The van der Waals surface area contributed by atoms with Crippen LogP contribution in [0.5, 0.6) is 5.75 Å². The van der Waals surface area contributed by atoms with Crippen molar-refractivity contribution in [2.75, 3.05) is 32.2 Å². The van der Waals surface area contributed by atoms with Crippen LogP contribution in [0.2, 0.25) is 0 Å². The highest BCUT2D eigenvalue weighted by molar-refractivity contribution is 5.50. The van der Waals surface area contributed by atoms with Crippen LogP contribution in [0, 0.1) is 5.92 Å². The Balaban J connectivity index is 2.15. The minimum Gasteiger partial charge on any atom is -0.497 e. The molecule has 0 amide bonds. The minimum absolute atomic E-state index is 0.171. The van der Waals surface area contributed by atoms with Crippen molar-refractivity contribution in [2.45, 2.75) is 38.3 Å². The molecule has 118 valence electrons. The topological polar surface area (TPSA) is 44.7 Å². The van der Waals surface area contributed by atoms with Crippen molar-refractivity contribution in [1.82, 2.24) is 5.32 Å². The smallest absolute Gasteiger partial charge is 0.120 e. The highest BCUT2D eigenvalue weighted by Crippen LogP contribution is 2.40. The van der Waals surface area contributed by atoms with Crippen LogP contribution < -0.4 is 15.0 Å². The van der Waals surface area contributed by atoms with Crippen LogP contribution in [0.25, 0.3) is 0 Å². The van der Waals surface area contributed by atoms with Gasteiger partial charge in [0.25, 0.3) is 0 Å². The third kappa shape index (κ3) is 3.89. The molecule has 4 nitrogen and oxygen atoms in total. The first-order chi connectivity index (χ1) is 10.0. The molecule has 1 aliphatic rings. The zero-order valence-corrected chi connectivity index (χ0v) is 13.6. The summed E-state index contributed by atoms with van der Waals surface area (Å²) in [6.07, 6.45) is 2.40. The third-order valence-corrected chi connectivity index (χ3v) is 4.23. The molecular formula is C17H28N2O2. The molecule has 0 aromatic heterocycles. The largest absolute Gasteiger partial charge is 0.497 e. The molecule has 0 bridgehead atoms. The van der Waals surface area contributed by atoms with Crippen LogP contribution in [0.3, 0.4) is 0 Å². The molecular weight excluding hydrogens is 264 g/mol. The first-order valence-electron chi connectivity index (χ1n) is 7.74. The van der Waals surface area contributed by atoms with Gasteiger partial charge in [-0.05, 0) is 30.9 Å². The van der Waals surface area contributed by atoms with Crippen LogP contribution in [0.4, 0.5) is 5.69 Å². The van der Waals surface area contributed by atoms with Crippen molar-refractivity contribution in [3.8, 4) is 5.75 Å². The van der Waals surface area contributed by atoms with Gasteiger partial charge in [0.2, 0.25) is 0 Å². The van der Waals surface area contributed by atoms with Crippen LogP contribution in [-0.4, -0.2) is 44.0 Å². The van der Waals surface area contributed by atoms with Gasteiger partial charge < -0.3 is 20.1 Å². The van der Waals surface area contributed by atoms with E-state index in [0.717, 1.165) is 18.0 Å². The molecule has 1 saturated carbocycles. The zero-order valence-electron chi connectivity index (χ0n) is 13.6. The van der Waals surface area contributed by atoms with E-state index < -0.39 is 0 Å². The molecule has 2 rings (SSSR count). The molecule has 1 aromatic carbocycles. The summed E-state index contributed by atoms with van der Waals surface area (Å²) in [6.45, 7) is 5.24. The van der Waals surface area contributed by atoms with E-state index in [0.29, 0.717) is 12.0 Å². The lowest BCUT2D eigenvalue weighted by atomic mass is 9.92. The Bertz CT molecular complexity index is 460. The number of nitrogens with one attached hydrogen (secondary N) is 1. The number of rotatable bonds is 8. The first-order valence-corrected chi connectivity index (χ1v) is 7.74. The predicted octanol–water partition coefficient (Wildman–Crippen LogP) is 2.27. The molecule has 0 heterocycles. The number of methoxy groups -OCH3 is 1. The summed E-state index contributed by atoms with van der Waals surface area (Å²) in [4.78, 5) is 2.20. The Morgan fingerprint density at radius 2 is 2.14 bits per heavy atom. The lowest BCUT2D eigenvalue weighted by Crippen LogP contribution is -2.59. The summed E-state index contributed by atoms with van der Waals surface area (Å²) in [5.41, 5.74) is 0.893. The fraction of sp³-hybridized carbons (Fsp3) is 0.647. The molecule has 1 aromatic rings. The third-order valence-electron chi connectivity index (χ3n) is 4.23. The van der Waals surface area contributed by atoms with Crippen molar-refractivity contribution < 1.29 is 9.84 Å². The second kappa shape index (κ2) is 6.67. The van der Waals surface area contributed by atoms with Gasteiger partial charge in [-0.1, -0.05) is 19.9 Å². The number of ether oxygens (including phenoxy) is 1. The molecule has 4 heteroatoms. The highest BCUT2D eigenvalue weighted by atomic mass is 16.5. The summed E-state index contributed by atoms with van der Waals surface area (Å²) in [6, 6.07) is 8.41. The normalized spacial score (nSPS) is 17.6. The van der Waals surface area contributed by atoms with E-state index in [1.807, 2.05) is 18.2 Å². The fourth-order valence-corrected chi connectivity index (χ4v) is 3.09. The van der Waals surface area contributed by atoms with E-state index in [2.05, 4.69) is 37.2 Å². The average Bonchev–Trinajstić information content (AvgIpc) is 3.31. The first kappa shape index (κ1) is 16.1. The van der Waals surface area contributed by atoms with Crippen molar-refractivity contribution in [1.29, 1.82) is 0 Å². The van der Waals surface area contributed by atoms with E-state index in [9.17, 15) is 5.11 Å². The summed E-state index contributed by atoms with van der Waals surface area (Å²) in [5.74, 6) is 1.43. The van der Waals surface area contributed by atoms with E-state index in [1.165, 1.54) is 12.8 Å². The van der Waals surface area contributed by atoms with Gasteiger partial charge in [0.05, 0.1) is 19.3 Å². The maximum Gasteiger partial charge on any atom is 0.120 e. The number of aliphatic hydroxyl groups is 1. The lowest BCUT2D eigenvalue weighted by Gasteiger charge is -2.39. The van der Waals surface area contributed by atoms with E-state index in [4.69, 9.17) is 4.74 Å². The molecule has 1 unspecified atom stereocenters. The predicted molar refractivity (Wildman–Crippen MR) is 87.1 cm³/mol. The number of hydrogen-bond acceptors (Lipinski definition) is 4. The van der Waals surface area contributed by atoms with Crippen molar-refractivity contribution in [3.63, 3.8) is 0 Å². The number of hydrogen-bond donors (Lipinski definition) is 2. The van der Waals surface area contributed by atoms with E-state index in [1.54, 1.807) is 7.11 Å². The molecule has 21 heavy (non-hydrogen) atoms. The van der Waals surface area contributed by atoms with Gasteiger partial charge in [0.15, 0.2) is 0 Å². The molecule has 2 N–H and O–H groups in total. The Labute approximate surface area is 128 Å². The second-order valence-corrected chi connectivity index (χ2v) is 6.45. The van der Waals surface area contributed by atoms with Gasteiger partial charge in [-0.2, -0.15) is 0 Å². The van der Waals surface area contributed by atoms with Crippen LogP contribution in [0.15, 0.2) is 24.3 Å². The maximum absolute atomic E-state index is 10.0. The van der Waals surface area contributed by atoms with Crippen LogP contribution in [-0.2, 0) is 0 Å². The molecule has 0 aliphatic heterocycles. The van der Waals surface area contributed by atoms with Crippen molar-refractivity contribution in [2.24, 2.45) is 5.92 Å². The number of aliphatic hydroxyl groups excluding tert-OH is 1. The maximum atomic E-state index is 10.0. The lowest BCUT2D eigenvalue weighted by molar-refractivity contribution is 0.136. The Morgan fingerprint density at radius 1 is 1.43 bits per heavy atom. The number of likely N-dealkylation sites (N-methyl/N-ethyl adjacent to an activating group) is 1. The molecule has 1 atom stereocenters. The SMILES string of the molecule is COc1cccc(N(C)CC(CO)(NC(C)C)C2CC2)c1. The number of nitrogens with zero attached hydrogens (tertiary/aromatic N) is 1. The van der Waals surface area contributed by atoms with Gasteiger partial charge in [0.1, 0.15) is 5.75 Å². The summed E-state index contributed by atoms with van der Waals surface area (Å²) in [7, 11) is 3.76. The summed E-state index contributed by atoms with van der Waals surface area (Å²) in [5, 5.41) is 13.6. The fourth-order valence-electron chi connectivity index (χ4n) is 3.09. The van der Waals surface area contributed by atoms with Crippen LogP contribution >= 0.6 is 0 Å². The van der Waals surface area contributed by atoms with Gasteiger partial charge in [-0.15, -0.1) is 0 Å². The van der Waals surface area contributed by atoms with E-state index in [-0.39, 0.29) is 12.1 Å². The Kier molecular flexibility index (Phi) is 5.12. The van der Waals surface area contributed by atoms with Crippen molar-refractivity contribution in [3.05, 3.63) is 24.3 Å². The monoisotopic (exact) mass is 292 g/mol. The van der Waals surface area contributed by atoms with Crippen LogP contribution in [0.1, 0.15) is 26.7 Å². The number of anilines is 1. The summed E-state index contributed by atoms with van der Waals surface area (Å²) < 4.78 is 5.29. The van der Waals surface area contributed by atoms with Gasteiger partial charge in [-0.3, -0.25) is 0 Å². The van der Waals surface area contributed by atoms with Gasteiger partial charge >= 0.3 is 0 Å². The number of benzene rings is 1. The Morgan fingerprint density at radius 3 is 2.67 bits per heavy atom. The molecule has 1 aliphatic carbocycles. The average molecular weight is 292 g/mol. The van der Waals surface area contributed by atoms with Gasteiger partial charge in [-0.25, -0.2) is 0 Å². The Hall–Kier alpha value is -1.26. The molecule has 0 saturated heterocycles. The zero-order chi connectivity index (χ0) is 15.5. The second-order valence-electron chi connectivity index (χ2n) is 6.45. The van der Waals surface area contributed by atoms with Gasteiger partial charge in [0, 0.05) is 31.4 Å². The molecule has 0 radical (unpaired) electrons. The molecule has 0 spiro atoms.